The van der Waals surface area contributed by atoms with Gasteiger partial charge in [0.05, 0.1) is 12.1 Å². The molecular formula is C15H14N4O3S. The summed E-state index contributed by atoms with van der Waals surface area (Å²) in [4.78, 5) is 13.1. The first-order valence-corrected chi connectivity index (χ1v) is 8.06. The molecule has 0 aliphatic carbocycles. The third-order valence-corrected chi connectivity index (χ3v) is 3.80. The highest BCUT2D eigenvalue weighted by Gasteiger charge is 2.15. The van der Waals surface area contributed by atoms with E-state index in [1.54, 1.807) is 18.7 Å². The Bertz CT molecular complexity index is 810. The highest BCUT2D eigenvalue weighted by molar-refractivity contribution is 7.98. The van der Waals surface area contributed by atoms with E-state index < -0.39 is 5.91 Å². The van der Waals surface area contributed by atoms with Crippen molar-refractivity contribution < 1.29 is 13.7 Å². The zero-order chi connectivity index (χ0) is 16.2. The van der Waals surface area contributed by atoms with Crippen LogP contribution in [0.25, 0.3) is 0 Å². The fourth-order valence-electron chi connectivity index (χ4n) is 1.92. The van der Waals surface area contributed by atoms with Gasteiger partial charge >= 0.3 is 6.01 Å². The second-order valence-electron chi connectivity index (χ2n) is 4.81. The molecule has 0 unspecified atom stereocenters. The number of benzene rings is 1. The second-order valence-corrected chi connectivity index (χ2v) is 5.69. The van der Waals surface area contributed by atoms with Crippen molar-refractivity contribution in [2.45, 2.75) is 18.2 Å². The van der Waals surface area contributed by atoms with E-state index in [-0.39, 0.29) is 11.8 Å². The Hall–Kier alpha value is -2.61. The minimum absolute atomic E-state index is 0.0276. The van der Waals surface area contributed by atoms with Gasteiger partial charge in [0.15, 0.2) is 0 Å². The number of carbonyl (C=O) groups excluding carboxylic acids is 1. The third kappa shape index (κ3) is 3.78. The van der Waals surface area contributed by atoms with Crippen LogP contribution in [0.15, 0.2) is 44.2 Å². The Balaban J connectivity index is 1.64. The monoisotopic (exact) mass is 330 g/mol. The summed E-state index contributed by atoms with van der Waals surface area (Å²) in [5.41, 5.74) is 1.67. The van der Waals surface area contributed by atoms with Gasteiger partial charge in [0, 0.05) is 11.0 Å². The zero-order valence-corrected chi connectivity index (χ0v) is 13.4. The van der Waals surface area contributed by atoms with Crippen LogP contribution in [0, 0.1) is 6.92 Å². The summed E-state index contributed by atoms with van der Waals surface area (Å²) in [7, 11) is 0. The number of hydrogen-bond donors (Lipinski definition) is 1. The lowest BCUT2D eigenvalue weighted by molar-refractivity contribution is 0.0985. The first kappa shape index (κ1) is 15.3. The van der Waals surface area contributed by atoms with Gasteiger partial charge in [0.1, 0.15) is 0 Å². The Morgan fingerprint density at radius 2 is 2.04 bits per heavy atom. The minimum atomic E-state index is -0.481. The molecule has 23 heavy (non-hydrogen) atoms. The van der Waals surface area contributed by atoms with Gasteiger partial charge in [-0.1, -0.05) is 22.4 Å². The number of anilines is 1. The van der Waals surface area contributed by atoms with Crippen molar-refractivity contribution in [1.29, 1.82) is 0 Å². The van der Waals surface area contributed by atoms with Gasteiger partial charge < -0.3 is 8.94 Å². The lowest BCUT2D eigenvalue weighted by Gasteiger charge is -1.99. The number of carbonyl (C=O) groups is 1. The summed E-state index contributed by atoms with van der Waals surface area (Å²) in [5, 5.41) is 13.9. The Kier molecular flexibility index (Phi) is 4.42. The van der Waals surface area contributed by atoms with Crippen molar-refractivity contribution in [2.24, 2.45) is 0 Å². The van der Waals surface area contributed by atoms with Crippen LogP contribution < -0.4 is 5.32 Å². The topological polar surface area (TPSA) is 94.1 Å². The van der Waals surface area contributed by atoms with Crippen molar-refractivity contribution >= 4 is 23.7 Å². The van der Waals surface area contributed by atoms with Crippen LogP contribution in [0.4, 0.5) is 6.01 Å². The van der Waals surface area contributed by atoms with E-state index in [1.807, 2.05) is 30.5 Å². The van der Waals surface area contributed by atoms with Crippen LogP contribution >= 0.6 is 11.8 Å². The number of amides is 1. The summed E-state index contributed by atoms with van der Waals surface area (Å²) in [6.45, 7) is 1.73. The first-order chi connectivity index (χ1) is 11.1. The highest BCUT2D eigenvalue weighted by Crippen LogP contribution is 2.17. The van der Waals surface area contributed by atoms with Gasteiger partial charge in [0.25, 0.3) is 5.91 Å². The van der Waals surface area contributed by atoms with E-state index in [4.69, 9.17) is 8.94 Å². The molecule has 8 heteroatoms. The number of rotatable bonds is 5. The zero-order valence-electron chi connectivity index (χ0n) is 12.6. The van der Waals surface area contributed by atoms with Crippen LogP contribution in [0.5, 0.6) is 0 Å². The summed E-state index contributed by atoms with van der Waals surface area (Å²) < 4.78 is 10.3. The molecule has 1 aromatic carbocycles. The van der Waals surface area contributed by atoms with Crippen LogP contribution in [0.1, 0.15) is 27.7 Å². The standard InChI is InChI=1S/C15H14N4O3S/c1-9-7-12(22-19-9)14(20)16-15-18-17-13(21-15)8-10-3-5-11(23-2)6-4-10/h3-7H,8H2,1-2H3,(H,16,18,20). The molecule has 7 nitrogen and oxygen atoms in total. The smallest absolute Gasteiger partial charge is 0.322 e. The number of nitrogens with one attached hydrogen (secondary N) is 1. The molecule has 0 fully saturated rings. The van der Waals surface area contributed by atoms with Gasteiger partial charge in [0.2, 0.25) is 11.7 Å². The van der Waals surface area contributed by atoms with Crippen molar-refractivity contribution in [2.75, 3.05) is 11.6 Å². The molecule has 0 saturated carbocycles. The molecule has 0 radical (unpaired) electrons. The van der Waals surface area contributed by atoms with Gasteiger partial charge in [-0.3, -0.25) is 10.1 Å². The molecule has 0 aliphatic heterocycles. The molecule has 1 amide bonds. The molecule has 0 spiro atoms. The molecule has 118 valence electrons. The van der Waals surface area contributed by atoms with Crippen LogP contribution in [0.3, 0.4) is 0 Å². The first-order valence-electron chi connectivity index (χ1n) is 6.84. The fourth-order valence-corrected chi connectivity index (χ4v) is 2.33. The summed E-state index contributed by atoms with van der Waals surface area (Å²) in [5.74, 6) is 0.0333. The average Bonchev–Trinajstić information content (AvgIpc) is 3.17. The molecule has 1 N–H and O–H groups in total. The third-order valence-electron chi connectivity index (χ3n) is 3.05. The van der Waals surface area contributed by atoms with Gasteiger partial charge in [-0.05, 0) is 30.9 Å². The van der Waals surface area contributed by atoms with E-state index >= 15 is 0 Å². The van der Waals surface area contributed by atoms with E-state index in [1.165, 1.54) is 11.0 Å². The lowest BCUT2D eigenvalue weighted by atomic mass is 10.1. The fraction of sp³-hybridized carbons (Fsp3) is 0.200. The van der Waals surface area contributed by atoms with Crippen molar-refractivity contribution in [3.05, 3.63) is 53.2 Å². The molecule has 2 heterocycles. The molecule has 3 rings (SSSR count). The largest absolute Gasteiger partial charge is 0.407 e. The number of hydrogen-bond acceptors (Lipinski definition) is 7. The quantitative estimate of drug-likeness (QED) is 0.719. The van der Waals surface area contributed by atoms with Crippen molar-refractivity contribution in [3.63, 3.8) is 0 Å². The minimum Gasteiger partial charge on any atom is -0.407 e. The van der Waals surface area contributed by atoms with Gasteiger partial charge in [-0.25, -0.2) is 0 Å². The summed E-state index contributed by atoms with van der Waals surface area (Å²) in [6, 6.07) is 9.63. The Labute approximate surface area is 136 Å². The van der Waals surface area contributed by atoms with Gasteiger partial charge in [-0.15, -0.1) is 16.9 Å². The molecule has 3 aromatic rings. The van der Waals surface area contributed by atoms with Crippen LogP contribution in [-0.2, 0) is 6.42 Å². The van der Waals surface area contributed by atoms with E-state index in [0.717, 1.165) is 5.56 Å². The Morgan fingerprint density at radius 3 is 2.70 bits per heavy atom. The Morgan fingerprint density at radius 1 is 1.26 bits per heavy atom. The molecule has 0 saturated heterocycles. The number of aromatic nitrogens is 3. The van der Waals surface area contributed by atoms with Crippen LogP contribution in [-0.4, -0.2) is 27.5 Å². The number of aryl methyl sites for hydroxylation is 1. The highest BCUT2D eigenvalue weighted by atomic mass is 32.2. The van der Waals surface area contributed by atoms with E-state index in [2.05, 4.69) is 20.7 Å². The molecule has 0 atom stereocenters. The maximum absolute atomic E-state index is 11.9. The lowest BCUT2D eigenvalue weighted by Crippen LogP contribution is -2.11. The summed E-state index contributed by atoms with van der Waals surface area (Å²) in [6.07, 6.45) is 2.52. The SMILES string of the molecule is CSc1ccc(Cc2nnc(NC(=O)c3cc(C)no3)o2)cc1. The normalized spacial score (nSPS) is 10.7. The van der Waals surface area contributed by atoms with Crippen molar-refractivity contribution in [1.82, 2.24) is 15.4 Å². The summed E-state index contributed by atoms with van der Waals surface area (Å²) >= 11 is 1.68. The molecular weight excluding hydrogens is 316 g/mol. The predicted molar refractivity (Wildman–Crippen MR) is 84.5 cm³/mol. The van der Waals surface area contributed by atoms with E-state index in [9.17, 15) is 4.79 Å². The predicted octanol–water partition coefficient (Wildman–Crippen LogP) is 2.93. The average molecular weight is 330 g/mol. The number of nitrogens with zero attached hydrogens (tertiary/aromatic N) is 3. The number of thioether (sulfide) groups is 1. The van der Waals surface area contributed by atoms with E-state index in [0.29, 0.717) is 18.0 Å². The maximum atomic E-state index is 11.9. The van der Waals surface area contributed by atoms with Gasteiger partial charge in [-0.2, -0.15) is 0 Å². The molecule has 2 aromatic heterocycles. The second kappa shape index (κ2) is 6.66. The molecule has 0 bridgehead atoms. The van der Waals surface area contributed by atoms with Crippen LogP contribution in [0.2, 0.25) is 0 Å². The van der Waals surface area contributed by atoms with Crippen molar-refractivity contribution in [3.8, 4) is 0 Å². The molecule has 0 aliphatic rings. The maximum Gasteiger partial charge on any atom is 0.322 e.